The highest BCUT2D eigenvalue weighted by atomic mass is 35.5. The first-order chi connectivity index (χ1) is 16.7. The summed E-state index contributed by atoms with van der Waals surface area (Å²) < 4.78 is 0. The van der Waals surface area contributed by atoms with E-state index in [1.807, 2.05) is 26.0 Å². The van der Waals surface area contributed by atoms with Gasteiger partial charge >= 0.3 is 0 Å². The van der Waals surface area contributed by atoms with Gasteiger partial charge in [-0.05, 0) is 55.5 Å². The molecular formula is C29H39ClN4. The van der Waals surface area contributed by atoms with Crippen LogP contribution in [0.5, 0.6) is 0 Å². The van der Waals surface area contributed by atoms with E-state index in [2.05, 4.69) is 63.2 Å². The third-order valence-electron chi connectivity index (χ3n) is 7.03. The largest absolute Gasteiger partial charge is 0.354 e. The predicted octanol–water partition coefficient (Wildman–Crippen LogP) is 5.99. The standard InChI is InChI=1S/C27H33ClN4.C2H6/c28-25-10-4-9-24-11-12-26(29-27(24)25)32-18-16-31(17-19-32)21-23-8-5-14-30(20-23)15-13-22-6-2-1-3-7-22;1-2/h1-4,6-7,9-12,23H,5,8,13-21H2;1-2H3. The molecule has 2 saturated heterocycles. The molecule has 0 saturated carbocycles. The minimum Gasteiger partial charge on any atom is -0.354 e. The minimum atomic E-state index is 0.733. The molecule has 1 unspecified atom stereocenters. The normalized spacial score (nSPS) is 19.6. The van der Waals surface area contributed by atoms with E-state index >= 15 is 0 Å². The Labute approximate surface area is 210 Å². The maximum Gasteiger partial charge on any atom is 0.129 e. The van der Waals surface area contributed by atoms with Crippen LogP contribution in [0, 0.1) is 5.92 Å². The van der Waals surface area contributed by atoms with E-state index in [-0.39, 0.29) is 0 Å². The molecule has 0 N–H and O–H groups in total. The molecule has 5 rings (SSSR count). The molecular weight excluding hydrogens is 440 g/mol. The van der Waals surface area contributed by atoms with Gasteiger partial charge in [-0.25, -0.2) is 4.98 Å². The maximum atomic E-state index is 6.38. The lowest BCUT2D eigenvalue weighted by Gasteiger charge is -2.39. The van der Waals surface area contributed by atoms with Gasteiger partial charge in [-0.2, -0.15) is 0 Å². The second kappa shape index (κ2) is 12.5. The van der Waals surface area contributed by atoms with E-state index in [0.29, 0.717) is 0 Å². The Morgan fingerprint density at radius 1 is 0.853 bits per heavy atom. The molecule has 0 radical (unpaired) electrons. The molecule has 5 heteroatoms. The zero-order valence-electron chi connectivity index (χ0n) is 20.8. The van der Waals surface area contributed by atoms with E-state index in [9.17, 15) is 0 Å². The molecule has 34 heavy (non-hydrogen) atoms. The van der Waals surface area contributed by atoms with E-state index in [1.54, 1.807) is 0 Å². The van der Waals surface area contributed by atoms with Gasteiger partial charge in [-0.15, -0.1) is 0 Å². The van der Waals surface area contributed by atoms with Crippen molar-refractivity contribution in [2.75, 3.05) is 57.3 Å². The van der Waals surface area contributed by atoms with Crippen LogP contribution < -0.4 is 4.90 Å². The van der Waals surface area contributed by atoms with Crippen LogP contribution in [0.2, 0.25) is 5.02 Å². The number of aromatic nitrogens is 1. The van der Waals surface area contributed by atoms with E-state index in [4.69, 9.17) is 16.6 Å². The number of rotatable bonds is 6. The highest BCUT2D eigenvalue weighted by molar-refractivity contribution is 6.35. The molecule has 1 aromatic heterocycles. The molecule has 2 aliphatic heterocycles. The highest BCUT2D eigenvalue weighted by Crippen LogP contribution is 2.25. The van der Waals surface area contributed by atoms with Crippen LogP contribution in [-0.4, -0.2) is 67.1 Å². The number of likely N-dealkylation sites (tertiary alicyclic amines) is 1. The van der Waals surface area contributed by atoms with Crippen molar-refractivity contribution in [3.8, 4) is 0 Å². The minimum absolute atomic E-state index is 0.733. The van der Waals surface area contributed by atoms with Gasteiger partial charge in [0.1, 0.15) is 5.82 Å². The smallest absolute Gasteiger partial charge is 0.129 e. The summed E-state index contributed by atoms with van der Waals surface area (Å²) in [5.74, 6) is 1.85. The fourth-order valence-electron chi connectivity index (χ4n) is 5.24. The summed E-state index contributed by atoms with van der Waals surface area (Å²) >= 11 is 6.38. The van der Waals surface area contributed by atoms with Gasteiger partial charge in [0.15, 0.2) is 0 Å². The van der Waals surface area contributed by atoms with Crippen LogP contribution in [0.25, 0.3) is 10.9 Å². The van der Waals surface area contributed by atoms with Gasteiger partial charge in [0.25, 0.3) is 0 Å². The van der Waals surface area contributed by atoms with Crippen molar-refractivity contribution < 1.29 is 0 Å². The fourth-order valence-corrected chi connectivity index (χ4v) is 5.46. The second-order valence-corrected chi connectivity index (χ2v) is 9.72. The van der Waals surface area contributed by atoms with Gasteiger partial charge < -0.3 is 9.80 Å². The Hall–Kier alpha value is -2.14. The van der Waals surface area contributed by atoms with Crippen LogP contribution in [0.1, 0.15) is 32.3 Å². The summed E-state index contributed by atoms with van der Waals surface area (Å²) in [5.41, 5.74) is 2.36. The number of piperidine rings is 1. The number of hydrogen-bond donors (Lipinski definition) is 0. The molecule has 0 bridgehead atoms. The third-order valence-corrected chi connectivity index (χ3v) is 7.34. The Kier molecular flexibility index (Phi) is 9.20. The summed E-state index contributed by atoms with van der Waals surface area (Å²) in [6.45, 7) is 13.2. The zero-order chi connectivity index (χ0) is 23.8. The van der Waals surface area contributed by atoms with Crippen molar-refractivity contribution in [1.82, 2.24) is 14.8 Å². The summed E-state index contributed by atoms with van der Waals surface area (Å²) in [5, 5.41) is 1.84. The Balaban J connectivity index is 0.00000133. The number of halogens is 1. The van der Waals surface area contributed by atoms with Crippen LogP contribution in [0.3, 0.4) is 0 Å². The van der Waals surface area contributed by atoms with Gasteiger partial charge in [0.05, 0.1) is 10.5 Å². The zero-order valence-corrected chi connectivity index (χ0v) is 21.6. The van der Waals surface area contributed by atoms with Crippen molar-refractivity contribution in [1.29, 1.82) is 0 Å². The first-order valence-electron chi connectivity index (χ1n) is 13.0. The summed E-state index contributed by atoms with van der Waals surface area (Å²) in [6, 6.07) is 21.2. The summed E-state index contributed by atoms with van der Waals surface area (Å²) in [6.07, 6.45) is 3.86. The lowest BCUT2D eigenvalue weighted by molar-refractivity contribution is 0.130. The second-order valence-electron chi connectivity index (χ2n) is 9.31. The fraction of sp³-hybridized carbons (Fsp3) is 0.483. The monoisotopic (exact) mass is 478 g/mol. The SMILES string of the molecule is CC.Clc1cccc2ccc(N3CCN(CC4CCCN(CCc5ccccc5)C4)CC3)nc12. The average molecular weight is 479 g/mol. The summed E-state index contributed by atoms with van der Waals surface area (Å²) in [4.78, 5) is 12.6. The third kappa shape index (κ3) is 6.50. The molecule has 0 aliphatic carbocycles. The van der Waals surface area contributed by atoms with Crippen LogP contribution in [-0.2, 0) is 6.42 Å². The Morgan fingerprint density at radius 3 is 2.44 bits per heavy atom. The number of nitrogens with zero attached hydrogens (tertiary/aromatic N) is 4. The number of pyridine rings is 1. The number of benzene rings is 2. The van der Waals surface area contributed by atoms with Crippen LogP contribution in [0.4, 0.5) is 5.82 Å². The number of fused-ring (bicyclic) bond motifs is 1. The first-order valence-corrected chi connectivity index (χ1v) is 13.4. The topological polar surface area (TPSA) is 22.6 Å². The van der Waals surface area contributed by atoms with Crippen LogP contribution in [0.15, 0.2) is 60.7 Å². The van der Waals surface area contributed by atoms with Gasteiger partial charge in [-0.1, -0.05) is 67.9 Å². The number of piperazine rings is 1. The molecule has 2 aromatic carbocycles. The Morgan fingerprint density at radius 2 is 1.65 bits per heavy atom. The number of hydrogen-bond acceptors (Lipinski definition) is 4. The summed E-state index contributed by atoms with van der Waals surface area (Å²) in [7, 11) is 0. The predicted molar refractivity (Wildman–Crippen MR) is 146 cm³/mol. The Bertz CT molecular complexity index is 1020. The van der Waals surface area contributed by atoms with Gasteiger partial charge in [0, 0.05) is 51.2 Å². The average Bonchev–Trinajstić information content (AvgIpc) is 2.90. The van der Waals surface area contributed by atoms with Crippen molar-refractivity contribution in [2.45, 2.75) is 33.1 Å². The maximum absolute atomic E-state index is 6.38. The molecule has 182 valence electrons. The highest BCUT2D eigenvalue weighted by Gasteiger charge is 2.25. The van der Waals surface area contributed by atoms with Crippen molar-refractivity contribution >= 4 is 28.3 Å². The molecule has 3 heterocycles. The molecule has 4 nitrogen and oxygen atoms in total. The van der Waals surface area contributed by atoms with E-state index < -0.39 is 0 Å². The van der Waals surface area contributed by atoms with Crippen LogP contribution >= 0.6 is 11.6 Å². The lowest BCUT2D eigenvalue weighted by atomic mass is 9.96. The van der Waals surface area contributed by atoms with Gasteiger partial charge in [-0.3, -0.25) is 4.90 Å². The molecule has 2 fully saturated rings. The van der Waals surface area contributed by atoms with Gasteiger partial charge in [0.2, 0.25) is 0 Å². The van der Waals surface area contributed by atoms with E-state index in [0.717, 1.165) is 60.3 Å². The van der Waals surface area contributed by atoms with Crippen molar-refractivity contribution in [3.05, 3.63) is 71.2 Å². The molecule has 2 aliphatic rings. The molecule has 0 amide bonds. The van der Waals surface area contributed by atoms with E-state index in [1.165, 1.54) is 44.6 Å². The van der Waals surface area contributed by atoms with Crippen molar-refractivity contribution in [2.24, 2.45) is 5.92 Å². The lowest BCUT2D eigenvalue weighted by Crippen LogP contribution is -2.50. The molecule has 3 aromatic rings. The number of para-hydroxylation sites is 1. The quantitative estimate of drug-likeness (QED) is 0.434. The molecule has 1 atom stereocenters. The molecule has 0 spiro atoms. The first kappa shape index (κ1) is 25.0. The van der Waals surface area contributed by atoms with Crippen molar-refractivity contribution in [3.63, 3.8) is 0 Å². The number of anilines is 1.